The lowest BCUT2D eigenvalue weighted by molar-refractivity contribution is 0.0290. The van der Waals surface area contributed by atoms with E-state index in [4.69, 9.17) is 21.1 Å². The zero-order valence-corrected chi connectivity index (χ0v) is 17.4. The van der Waals surface area contributed by atoms with Crippen molar-refractivity contribution in [1.82, 2.24) is 4.98 Å². The molecule has 0 aromatic carbocycles. The molecule has 2 saturated carbocycles. The molecule has 2 aliphatic carbocycles. The molecule has 0 N–H and O–H groups in total. The summed E-state index contributed by atoms with van der Waals surface area (Å²) in [6.45, 7) is 5.45. The van der Waals surface area contributed by atoms with Gasteiger partial charge in [-0.05, 0) is 55.8 Å². The Morgan fingerprint density at radius 1 is 1.04 bits per heavy atom. The van der Waals surface area contributed by atoms with Gasteiger partial charge >= 0.3 is 0 Å². The average Bonchev–Trinajstić information content (AvgIpc) is 2.66. The zero-order valence-electron chi connectivity index (χ0n) is 16.6. The van der Waals surface area contributed by atoms with Crippen LogP contribution in [0.2, 0.25) is 5.02 Å². The Bertz CT molecular complexity index is 576. The second-order valence-electron chi connectivity index (χ2n) is 8.75. The molecule has 0 spiro atoms. The number of rotatable bonds is 6. The van der Waals surface area contributed by atoms with Gasteiger partial charge in [0.25, 0.3) is 0 Å². The molecular weight excluding hydrogens is 346 g/mol. The number of nitrogens with zero attached hydrogens (tertiary/aromatic N) is 1. The first-order chi connectivity index (χ1) is 12.5. The van der Waals surface area contributed by atoms with E-state index in [0.29, 0.717) is 17.0 Å². The molecule has 0 radical (unpaired) electrons. The van der Waals surface area contributed by atoms with Crippen LogP contribution in [0.5, 0.6) is 5.75 Å². The second kappa shape index (κ2) is 8.93. The standard InChI is InChI=1S/C22H34ClNO2/c1-22(2,16-7-5-4-6-8-16)17-9-11-18(12-10-17)26-20-13-14-24-19(15-25-3)21(20)23/h13-14,16-18H,4-12,15H2,1-3H3/t17-,18+. The van der Waals surface area contributed by atoms with E-state index >= 15 is 0 Å². The number of aromatic nitrogens is 1. The smallest absolute Gasteiger partial charge is 0.141 e. The Hall–Kier alpha value is -0.800. The summed E-state index contributed by atoms with van der Waals surface area (Å²) in [5, 5.41) is 0.596. The van der Waals surface area contributed by atoms with Gasteiger partial charge in [0.15, 0.2) is 0 Å². The van der Waals surface area contributed by atoms with E-state index in [0.717, 1.165) is 36.1 Å². The number of ether oxygens (including phenoxy) is 2. The van der Waals surface area contributed by atoms with Gasteiger partial charge in [0.05, 0.1) is 18.4 Å². The van der Waals surface area contributed by atoms with Gasteiger partial charge in [0.1, 0.15) is 10.8 Å². The first kappa shape index (κ1) is 19.9. The van der Waals surface area contributed by atoms with E-state index in [-0.39, 0.29) is 6.10 Å². The van der Waals surface area contributed by atoms with Gasteiger partial charge in [-0.1, -0.05) is 44.7 Å². The van der Waals surface area contributed by atoms with Crippen molar-refractivity contribution in [1.29, 1.82) is 0 Å². The van der Waals surface area contributed by atoms with Crippen molar-refractivity contribution in [2.45, 2.75) is 84.3 Å². The molecule has 26 heavy (non-hydrogen) atoms. The summed E-state index contributed by atoms with van der Waals surface area (Å²) >= 11 is 6.44. The molecule has 4 heteroatoms. The van der Waals surface area contributed by atoms with E-state index in [1.807, 2.05) is 6.07 Å². The quantitative estimate of drug-likeness (QED) is 0.571. The summed E-state index contributed by atoms with van der Waals surface area (Å²) in [5.74, 6) is 2.48. The summed E-state index contributed by atoms with van der Waals surface area (Å²) in [7, 11) is 1.65. The van der Waals surface area contributed by atoms with Gasteiger partial charge in [0, 0.05) is 19.4 Å². The largest absolute Gasteiger partial charge is 0.489 e. The maximum absolute atomic E-state index is 6.44. The molecule has 0 saturated heterocycles. The van der Waals surface area contributed by atoms with E-state index < -0.39 is 0 Å². The molecule has 1 aromatic heterocycles. The molecular formula is C22H34ClNO2. The molecule has 2 aliphatic rings. The van der Waals surface area contributed by atoms with E-state index in [1.165, 1.54) is 44.9 Å². The highest BCUT2D eigenvalue weighted by atomic mass is 35.5. The first-order valence-electron chi connectivity index (χ1n) is 10.3. The molecule has 0 amide bonds. The van der Waals surface area contributed by atoms with Crippen molar-refractivity contribution in [2.24, 2.45) is 17.3 Å². The van der Waals surface area contributed by atoms with Crippen molar-refractivity contribution >= 4 is 11.6 Å². The predicted octanol–water partition coefficient (Wildman–Crippen LogP) is 6.43. The van der Waals surface area contributed by atoms with Gasteiger partial charge in [-0.2, -0.15) is 0 Å². The van der Waals surface area contributed by atoms with Gasteiger partial charge in [-0.15, -0.1) is 0 Å². The normalized spacial score (nSPS) is 25.2. The van der Waals surface area contributed by atoms with E-state index in [2.05, 4.69) is 18.8 Å². The number of halogens is 1. The number of hydrogen-bond acceptors (Lipinski definition) is 3. The fourth-order valence-electron chi connectivity index (χ4n) is 5.08. The lowest BCUT2D eigenvalue weighted by Crippen LogP contribution is -2.38. The highest BCUT2D eigenvalue weighted by molar-refractivity contribution is 6.32. The van der Waals surface area contributed by atoms with Crippen LogP contribution in [-0.4, -0.2) is 18.2 Å². The minimum Gasteiger partial charge on any atom is -0.489 e. The maximum Gasteiger partial charge on any atom is 0.141 e. The highest BCUT2D eigenvalue weighted by Crippen LogP contribution is 2.48. The Kier molecular flexibility index (Phi) is 6.85. The van der Waals surface area contributed by atoms with E-state index in [9.17, 15) is 0 Å². The summed E-state index contributed by atoms with van der Waals surface area (Å²) in [5.41, 5.74) is 1.21. The Morgan fingerprint density at radius 3 is 2.35 bits per heavy atom. The molecule has 2 fully saturated rings. The number of pyridine rings is 1. The third-order valence-corrected chi connectivity index (χ3v) is 7.29. The molecule has 0 aliphatic heterocycles. The van der Waals surface area contributed by atoms with Crippen LogP contribution in [0.25, 0.3) is 0 Å². The summed E-state index contributed by atoms with van der Waals surface area (Å²) in [6, 6.07) is 1.87. The molecule has 0 bridgehead atoms. The van der Waals surface area contributed by atoms with Crippen molar-refractivity contribution in [3.05, 3.63) is 23.0 Å². The molecule has 146 valence electrons. The van der Waals surface area contributed by atoms with Crippen molar-refractivity contribution in [3.63, 3.8) is 0 Å². The fraction of sp³-hybridized carbons (Fsp3) is 0.773. The predicted molar refractivity (Wildman–Crippen MR) is 107 cm³/mol. The van der Waals surface area contributed by atoms with Crippen LogP contribution >= 0.6 is 11.6 Å². The van der Waals surface area contributed by atoms with Gasteiger partial charge < -0.3 is 9.47 Å². The van der Waals surface area contributed by atoms with E-state index in [1.54, 1.807) is 13.3 Å². The minimum atomic E-state index is 0.267. The molecule has 3 rings (SSSR count). The Morgan fingerprint density at radius 2 is 1.69 bits per heavy atom. The minimum absolute atomic E-state index is 0.267. The molecule has 1 heterocycles. The van der Waals surface area contributed by atoms with Gasteiger partial charge in [0.2, 0.25) is 0 Å². The van der Waals surface area contributed by atoms with Crippen LogP contribution in [0.4, 0.5) is 0 Å². The molecule has 0 atom stereocenters. The molecule has 0 unspecified atom stereocenters. The topological polar surface area (TPSA) is 31.4 Å². The van der Waals surface area contributed by atoms with Crippen molar-refractivity contribution < 1.29 is 9.47 Å². The van der Waals surface area contributed by atoms with Crippen LogP contribution in [0.1, 0.15) is 77.3 Å². The van der Waals surface area contributed by atoms with Crippen LogP contribution in [0, 0.1) is 17.3 Å². The lowest BCUT2D eigenvalue weighted by atomic mass is 9.61. The monoisotopic (exact) mass is 379 g/mol. The van der Waals surface area contributed by atoms with Crippen LogP contribution in [-0.2, 0) is 11.3 Å². The molecule has 1 aromatic rings. The third kappa shape index (κ3) is 4.54. The third-order valence-electron chi connectivity index (χ3n) is 6.88. The summed E-state index contributed by atoms with van der Waals surface area (Å²) < 4.78 is 11.4. The van der Waals surface area contributed by atoms with Crippen molar-refractivity contribution in [3.8, 4) is 5.75 Å². The SMILES string of the molecule is COCc1nccc(O[C@H]2CC[C@@H](C(C)(C)C3CCCCC3)CC2)c1Cl. The van der Waals surface area contributed by atoms with Crippen LogP contribution in [0.3, 0.4) is 0 Å². The highest BCUT2D eigenvalue weighted by Gasteiger charge is 2.39. The Balaban J connectivity index is 1.56. The first-order valence-corrected chi connectivity index (χ1v) is 10.7. The summed E-state index contributed by atoms with van der Waals surface area (Å²) in [4.78, 5) is 4.28. The van der Waals surface area contributed by atoms with Gasteiger partial charge in [-0.3, -0.25) is 4.98 Å². The Labute approximate surface area is 163 Å². The average molecular weight is 380 g/mol. The maximum atomic E-state index is 6.44. The second-order valence-corrected chi connectivity index (χ2v) is 9.13. The summed E-state index contributed by atoms with van der Waals surface area (Å²) in [6.07, 6.45) is 14.0. The van der Waals surface area contributed by atoms with Crippen molar-refractivity contribution in [2.75, 3.05) is 7.11 Å². The lowest BCUT2D eigenvalue weighted by Gasteiger charge is -2.45. The molecule has 3 nitrogen and oxygen atoms in total. The number of hydrogen-bond donors (Lipinski definition) is 0. The number of methoxy groups -OCH3 is 1. The zero-order chi connectivity index (χ0) is 18.6. The van der Waals surface area contributed by atoms with Crippen LogP contribution < -0.4 is 4.74 Å². The van der Waals surface area contributed by atoms with Gasteiger partial charge in [-0.25, -0.2) is 0 Å². The fourth-order valence-corrected chi connectivity index (χ4v) is 5.29. The van der Waals surface area contributed by atoms with Crippen LogP contribution in [0.15, 0.2) is 12.3 Å².